The van der Waals surface area contributed by atoms with Crippen molar-refractivity contribution in [1.82, 2.24) is 9.97 Å². The Morgan fingerprint density at radius 3 is 2.62 bits per heavy atom. The van der Waals surface area contributed by atoms with E-state index < -0.39 is 0 Å². The molecule has 0 spiro atoms. The molecule has 1 aromatic carbocycles. The van der Waals surface area contributed by atoms with Gasteiger partial charge in [-0.3, -0.25) is 14.7 Å². The second-order valence-electron chi connectivity index (χ2n) is 5.57. The van der Waals surface area contributed by atoms with Crippen LogP contribution >= 0.6 is 11.3 Å². The first-order chi connectivity index (χ1) is 12.7. The minimum absolute atomic E-state index is 0.0402. The monoisotopic (exact) mass is 382 g/mol. The minimum atomic E-state index is 0.0402. The number of pyridine rings is 1. The highest BCUT2D eigenvalue weighted by atomic mass is 32.1. The maximum Gasteiger partial charge on any atom is 0.232 e. The van der Waals surface area contributed by atoms with Gasteiger partial charge in [0.25, 0.3) is 0 Å². The largest absolute Gasteiger partial charge is 0.298 e. The molecule has 2 heterocycles. The Morgan fingerprint density at radius 2 is 1.96 bits per heavy atom. The van der Waals surface area contributed by atoms with E-state index in [0.717, 1.165) is 26.8 Å². The van der Waals surface area contributed by atoms with Gasteiger partial charge in [-0.2, -0.15) is 0 Å². The van der Waals surface area contributed by atoms with Crippen LogP contribution in [0.25, 0.3) is 21.8 Å². The lowest BCUT2D eigenvalue weighted by Gasteiger charge is -2.19. The van der Waals surface area contributed by atoms with E-state index in [2.05, 4.69) is 24.2 Å². The number of benzene rings is 1. The van der Waals surface area contributed by atoms with E-state index in [4.69, 9.17) is 4.98 Å². The molecule has 0 bridgehead atoms. The zero-order chi connectivity index (χ0) is 18.4. The Balaban J connectivity index is 2.13. The van der Waals surface area contributed by atoms with Gasteiger partial charge < -0.3 is 0 Å². The SMILES string of the molecule is C=CCN(C(=O)CC[SH2+])c1sc(-c2cccnc2)nc1-c1ccccc1. The van der Waals surface area contributed by atoms with Crippen molar-refractivity contribution in [2.45, 2.75) is 6.42 Å². The van der Waals surface area contributed by atoms with E-state index in [-0.39, 0.29) is 5.91 Å². The fourth-order valence-electron chi connectivity index (χ4n) is 2.56. The molecule has 0 aliphatic rings. The Hall–Kier alpha value is -2.44. The summed E-state index contributed by atoms with van der Waals surface area (Å²) in [6.45, 7) is 4.25. The summed E-state index contributed by atoms with van der Waals surface area (Å²) in [5.74, 6) is 0.653. The number of thiazole rings is 1. The molecule has 6 heteroatoms. The maximum atomic E-state index is 12.7. The number of hydrogen-bond acceptors (Lipinski definition) is 4. The van der Waals surface area contributed by atoms with Crippen LogP contribution in [0, 0.1) is 0 Å². The Bertz CT molecular complexity index is 879. The average Bonchev–Trinajstić information content (AvgIpc) is 3.12. The Kier molecular flexibility index (Phi) is 6.20. The number of anilines is 1. The van der Waals surface area contributed by atoms with Crippen LogP contribution in [0.3, 0.4) is 0 Å². The second kappa shape index (κ2) is 8.78. The number of hydrogen-bond donors (Lipinski definition) is 0. The van der Waals surface area contributed by atoms with Crippen LogP contribution in [0.15, 0.2) is 67.5 Å². The molecule has 0 saturated carbocycles. The van der Waals surface area contributed by atoms with Gasteiger partial charge in [-0.1, -0.05) is 47.7 Å². The third kappa shape index (κ3) is 4.03. The van der Waals surface area contributed by atoms with Crippen molar-refractivity contribution in [1.29, 1.82) is 0 Å². The van der Waals surface area contributed by atoms with E-state index in [1.165, 1.54) is 11.3 Å². The quantitative estimate of drug-likeness (QED) is 0.461. The van der Waals surface area contributed by atoms with Gasteiger partial charge in [-0.05, 0) is 24.8 Å². The molecule has 132 valence electrons. The lowest BCUT2D eigenvalue weighted by atomic mass is 10.1. The molecule has 0 atom stereocenters. The molecule has 0 aliphatic carbocycles. The van der Waals surface area contributed by atoms with Gasteiger partial charge in [0.15, 0.2) is 0 Å². The van der Waals surface area contributed by atoms with Gasteiger partial charge in [0.1, 0.15) is 21.5 Å². The Morgan fingerprint density at radius 1 is 1.19 bits per heavy atom. The number of aromatic nitrogens is 2. The standard InChI is InChI=1S/C20H19N3OS2/c1-2-12-23(17(24)10-13-25)20-18(15-7-4-3-5-8-15)22-19(26-20)16-9-6-11-21-14-16/h2-9,11,14,25H,1,10,12-13H2/p+1. The first-order valence-electron chi connectivity index (χ1n) is 8.27. The molecular weight excluding hydrogens is 362 g/mol. The molecule has 0 aliphatic heterocycles. The third-order valence-electron chi connectivity index (χ3n) is 3.76. The molecule has 0 radical (unpaired) electrons. The van der Waals surface area contributed by atoms with E-state index in [9.17, 15) is 4.79 Å². The smallest absolute Gasteiger partial charge is 0.232 e. The molecule has 3 rings (SSSR count). The lowest BCUT2D eigenvalue weighted by Crippen LogP contribution is -2.31. The van der Waals surface area contributed by atoms with Crippen LogP contribution in [0.5, 0.6) is 0 Å². The van der Waals surface area contributed by atoms with Crippen molar-refractivity contribution in [3.05, 3.63) is 67.5 Å². The van der Waals surface area contributed by atoms with Crippen molar-refractivity contribution >= 4 is 34.9 Å². The predicted molar refractivity (Wildman–Crippen MR) is 113 cm³/mol. The molecule has 26 heavy (non-hydrogen) atoms. The minimum Gasteiger partial charge on any atom is -0.298 e. The molecule has 4 nitrogen and oxygen atoms in total. The van der Waals surface area contributed by atoms with Gasteiger partial charge in [0, 0.05) is 30.1 Å². The molecule has 0 saturated heterocycles. The highest BCUT2D eigenvalue weighted by Crippen LogP contribution is 2.40. The summed E-state index contributed by atoms with van der Waals surface area (Å²) < 4.78 is 0. The van der Waals surface area contributed by atoms with Crippen LogP contribution in [0.4, 0.5) is 5.00 Å². The molecule has 2 aromatic heterocycles. The van der Waals surface area contributed by atoms with E-state index in [1.807, 2.05) is 42.5 Å². The average molecular weight is 383 g/mol. The summed E-state index contributed by atoms with van der Waals surface area (Å²) in [6.07, 6.45) is 5.68. The molecule has 0 unspecified atom stereocenters. The maximum absolute atomic E-state index is 12.7. The molecule has 3 aromatic rings. The summed E-state index contributed by atoms with van der Waals surface area (Å²) >= 11 is 4.90. The van der Waals surface area contributed by atoms with E-state index in [1.54, 1.807) is 23.4 Å². The zero-order valence-corrected chi connectivity index (χ0v) is 16.1. The summed E-state index contributed by atoms with van der Waals surface area (Å²) in [5.41, 5.74) is 2.72. The molecular formula is C20H20N3OS2+. The highest BCUT2D eigenvalue weighted by molar-refractivity contribution is 7.58. The highest BCUT2D eigenvalue weighted by Gasteiger charge is 2.23. The summed E-state index contributed by atoms with van der Waals surface area (Å²) in [7, 11) is 0. The fourth-order valence-corrected chi connectivity index (χ4v) is 3.88. The summed E-state index contributed by atoms with van der Waals surface area (Å²) in [4.78, 5) is 23.4. The van der Waals surface area contributed by atoms with Crippen molar-refractivity contribution in [3.63, 3.8) is 0 Å². The van der Waals surface area contributed by atoms with Crippen LogP contribution < -0.4 is 4.90 Å². The predicted octanol–water partition coefficient (Wildman–Crippen LogP) is 3.79. The molecule has 0 N–H and O–H groups in total. The molecule has 1 amide bonds. The molecule has 0 fully saturated rings. The van der Waals surface area contributed by atoms with Crippen molar-refractivity contribution < 1.29 is 4.79 Å². The van der Waals surface area contributed by atoms with Crippen molar-refractivity contribution in [2.75, 3.05) is 17.2 Å². The number of amides is 1. The lowest BCUT2D eigenvalue weighted by molar-refractivity contribution is -0.118. The third-order valence-corrected chi connectivity index (χ3v) is 5.14. The van der Waals surface area contributed by atoms with Crippen LogP contribution in [-0.2, 0) is 17.4 Å². The normalized spacial score (nSPS) is 10.5. The fraction of sp³-hybridized carbons (Fsp3) is 0.150. The van der Waals surface area contributed by atoms with Gasteiger partial charge in [0.05, 0.1) is 6.42 Å². The van der Waals surface area contributed by atoms with E-state index in [0.29, 0.717) is 18.7 Å². The first kappa shape index (κ1) is 18.4. The van der Waals surface area contributed by atoms with Gasteiger partial charge in [-0.15, -0.1) is 6.58 Å². The van der Waals surface area contributed by atoms with E-state index >= 15 is 0 Å². The van der Waals surface area contributed by atoms with Crippen molar-refractivity contribution in [2.24, 2.45) is 0 Å². The first-order valence-corrected chi connectivity index (χ1v) is 9.79. The van der Waals surface area contributed by atoms with Gasteiger partial charge >= 0.3 is 0 Å². The van der Waals surface area contributed by atoms with Crippen LogP contribution in [0.2, 0.25) is 0 Å². The number of carbonyl (C=O) groups is 1. The van der Waals surface area contributed by atoms with Crippen molar-refractivity contribution in [3.8, 4) is 21.8 Å². The zero-order valence-electron chi connectivity index (χ0n) is 14.3. The summed E-state index contributed by atoms with van der Waals surface area (Å²) in [6, 6.07) is 13.8. The van der Waals surface area contributed by atoms with Crippen LogP contribution in [-0.4, -0.2) is 28.2 Å². The number of carbonyl (C=O) groups excluding carboxylic acids is 1. The topological polar surface area (TPSA) is 46.1 Å². The summed E-state index contributed by atoms with van der Waals surface area (Å²) in [5, 5.41) is 1.67. The van der Waals surface area contributed by atoms with Gasteiger partial charge in [-0.25, -0.2) is 4.98 Å². The van der Waals surface area contributed by atoms with Gasteiger partial charge in [0.2, 0.25) is 5.91 Å². The second-order valence-corrected chi connectivity index (χ2v) is 7.05. The van der Waals surface area contributed by atoms with Crippen LogP contribution in [0.1, 0.15) is 6.42 Å². The Labute approximate surface area is 162 Å². The number of rotatable bonds is 7. The number of nitrogens with zero attached hydrogens (tertiary/aromatic N) is 3.